The van der Waals surface area contributed by atoms with Gasteiger partial charge in [-0.15, -0.1) is 0 Å². The normalized spacial score (nSPS) is 13.0. The zero-order chi connectivity index (χ0) is 40.0. The molecule has 0 bridgehead atoms. The van der Waals surface area contributed by atoms with Crippen molar-refractivity contribution in [2.75, 3.05) is 4.90 Å². The Labute approximate surface area is 349 Å². The van der Waals surface area contributed by atoms with Gasteiger partial charge in [-0.3, -0.25) is 0 Å². The number of rotatable bonds is 6. The molecule has 0 unspecified atom stereocenters. The van der Waals surface area contributed by atoms with Crippen LogP contribution >= 0.6 is 0 Å². The van der Waals surface area contributed by atoms with Gasteiger partial charge in [0.25, 0.3) is 0 Å². The van der Waals surface area contributed by atoms with Crippen LogP contribution in [0, 0.1) is 0 Å². The molecule has 0 aliphatic heterocycles. The van der Waals surface area contributed by atoms with Crippen LogP contribution in [-0.2, 0) is 5.41 Å². The number of anilines is 3. The topological polar surface area (TPSA) is 21.3 Å². The Morgan fingerprint density at radius 3 is 1.80 bits per heavy atom. The highest BCUT2D eigenvalue weighted by Crippen LogP contribution is 2.51. The third kappa shape index (κ3) is 5.09. The van der Waals surface area contributed by atoms with Crippen LogP contribution in [-0.4, -0.2) is 4.57 Å². The Bertz CT molecular complexity index is 3420. The van der Waals surface area contributed by atoms with Gasteiger partial charge < -0.3 is 13.9 Å². The average Bonchev–Trinajstić information content (AvgIpc) is 3.92. The van der Waals surface area contributed by atoms with Gasteiger partial charge in [0.15, 0.2) is 0 Å². The fraction of sp³-hybridized carbons (Fsp3) is 0.0526. The number of hydrogen-bond donors (Lipinski definition) is 0. The van der Waals surface area contributed by atoms with Crippen molar-refractivity contribution < 1.29 is 4.42 Å². The lowest BCUT2D eigenvalue weighted by Gasteiger charge is -2.29. The van der Waals surface area contributed by atoms with E-state index in [9.17, 15) is 0 Å². The molecule has 0 spiro atoms. The van der Waals surface area contributed by atoms with Gasteiger partial charge in [-0.1, -0.05) is 159 Å². The zero-order valence-electron chi connectivity index (χ0n) is 33.4. The Balaban J connectivity index is 1.12. The number of nitrogens with zero attached hydrogens (tertiary/aromatic N) is 2. The van der Waals surface area contributed by atoms with Crippen molar-refractivity contribution >= 4 is 60.8 Å². The van der Waals surface area contributed by atoms with Gasteiger partial charge in [0.1, 0.15) is 11.2 Å². The molecule has 0 N–H and O–H groups in total. The van der Waals surface area contributed by atoms with E-state index in [1.807, 2.05) is 0 Å². The number of benzene rings is 9. The summed E-state index contributed by atoms with van der Waals surface area (Å²) < 4.78 is 9.30. The summed E-state index contributed by atoms with van der Waals surface area (Å²) in [5.41, 5.74) is 18.2. The number of para-hydroxylation sites is 6. The summed E-state index contributed by atoms with van der Waals surface area (Å²) in [4.78, 5) is 2.43. The van der Waals surface area contributed by atoms with E-state index in [2.05, 4.69) is 230 Å². The highest BCUT2D eigenvalue weighted by molar-refractivity contribution is 6.14. The van der Waals surface area contributed by atoms with E-state index in [0.717, 1.165) is 55.8 Å². The molecule has 9 aromatic carbocycles. The second kappa shape index (κ2) is 13.2. The molecule has 3 nitrogen and oxygen atoms in total. The molecule has 0 radical (unpaired) electrons. The van der Waals surface area contributed by atoms with Gasteiger partial charge in [-0.25, -0.2) is 0 Å². The second-order valence-electron chi connectivity index (χ2n) is 16.5. The lowest BCUT2D eigenvalue weighted by Crippen LogP contribution is -2.15. The average molecular weight is 769 g/mol. The molecule has 1 aliphatic carbocycles. The van der Waals surface area contributed by atoms with Crippen LogP contribution in [0.15, 0.2) is 211 Å². The first-order valence-corrected chi connectivity index (χ1v) is 20.8. The molecular formula is C57H40N2O. The van der Waals surface area contributed by atoms with E-state index in [-0.39, 0.29) is 5.41 Å². The van der Waals surface area contributed by atoms with E-state index in [0.29, 0.717) is 0 Å². The summed E-state index contributed by atoms with van der Waals surface area (Å²) in [7, 11) is 0. The van der Waals surface area contributed by atoms with E-state index in [1.165, 1.54) is 55.2 Å². The van der Waals surface area contributed by atoms with E-state index < -0.39 is 0 Å². The molecule has 2 heterocycles. The predicted molar refractivity (Wildman–Crippen MR) is 251 cm³/mol. The summed E-state index contributed by atoms with van der Waals surface area (Å²) in [5, 5.41) is 4.63. The summed E-state index contributed by atoms with van der Waals surface area (Å²) in [5.74, 6) is 0. The SMILES string of the molecule is CC1(C)c2ccccc2-c2ccc(-c3ccccc3N(c3ccccc3)c3cc(-c4ccccc4-n4c5ccccc5c5ccccc54)c4oc5ccccc5c4c3)cc21. The molecule has 3 heteroatoms. The smallest absolute Gasteiger partial charge is 0.143 e. The zero-order valence-corrected chi connectivity index (χ0v) is 33.4. The number of aromatic nitrogens is 1. The van der Waals surface area contributed by atoms with Crippen molar-refractivity contribution in [1.29, 1.82) is 0 Å². The van der Waals surface area contributed by atoms with E-state index >= 15 is 0 Å². The molecule has 0 saturated heterocycles. The minimum absolute atomic E-state index is 0.109. The highest BCUT2D eigenvalue weighted by atomic mass is 16.3. The Morgan fingerprint density at radius 1 is 0.417 bits per heavy atom. The Kier molecular flexibility index (Phi) is 7.58. The molecule has 1 aliphatic rings. The van der Waals surface area contributed by atoms with Crippen molar-refractivity contribution in [2.24, 2.45) is 0 Å². The predicted octanol–water partition coefficient (Wildman–Crippen LogP) is 15.8. The number of fused-ring (bicyclic) bond motifs is 9. The van der Waals surface area contributed by atoms with E-state index in [4.69, 9.17) is 4.42 Å². The molecule has 11 aromatic rings. The first-order valence-electron chi connectivity index (χ1n) is 20.8. The maximum atomic E-state index is 6.89. The first kappa shape index (κ1) is 34.4. The molecule has 0 atom stereocenters. The van der Waals surface area contributed by atoms with Gasteiger partial charge in [0.05, 0.1) is 22.4 Å². The van der Waals surface area contributed by atoms with Crippen molar-refractivity contribution in [3.63, 3.8) is 0 Å². The molecule has 2 aromatic heterocycles. The largest absolute Gasteiger partial charge is 0.455 e. The third-order valence-electron chi connectivity index (χ3n) is 12.8. The monoisotopic (exact) mass is 768 g/mol. The molecule has 0 saturated carbocycles. The maximum Gasteiger partial charge on any atom is 0.143 e. The molecule has 0 fully saturated rings. The van der Waals surface area contributed by atoms with Crippen molar-refractivity contribution in [1.82, 2.24) is 4.57 Å². The van der Waals surface area contributed by atoms with Crippen molar-refractivity contribution in [3.8, 4) is 39.1 Å². The van der Waals surface area contributed by atoms with E-state index in [1.54, 1.807) is 0 Å². The van der Waals surface area contributed by atoms with Gasteiger partial charge in [0.2, 0.25) is 0 Å². The van der Waals surface area contributed by atoms with Crippen LogP contribution in [0.25, 0.3) is 82.8 Å². The minimum atomic E-state index is -0.109. The minimum Gasteiger partial charge on any atom is -0.455 e. The van der Waals surface area contributed by atoms with Gasteiger partial charge in [-0.05, 0) is 88.5 Å². The van der Waals surface area contributed by atoms with Crippen LogP contribution in [0.2, 0.25) is 0 Å². The first-order chi connectivity index (χ1) is 29.5. The lowest BCUT2D eigenvalue weighted by atomic mass is 9.81. The Morgan fingerprint density at radius 2 is 1.02 bits per heavy atom. The van der Waals surface area contributed by atoms with Crippen LogP contribution in [0.5, 0.6) is 0 Å². The number of hydrogen-bond acceptors (Lipinski definition) is 2. The molecule has 0 amide bonds. The second-order valence-corrected chi connectivity index (χ2v) is 16.5. The van der Waals surface area contributed by atoms with Crippen molar-refractivity contribution in [2.45, 2.75) is 19.3 Å². The summed E-state index contributed by atoms with van der Waals surface area (Å²) in [6, 6.07) is 74.8. The highest BCUT2D eigenvalue weighted by Gasteiger charge is 2.35. The number of furan rings is 1. The van der Waals surface area contributed by atoms with Crippen LogP contribution in [0.1, 0.15) is 25.0 Å². The molecule has 284 valence electrons. The lowest BCUT2D eigenvalue weighted by molar-refractivity contribution is 0.660. The molecular weight excluding hydrogens is 729 g/mol. The molecule has 60 heavy (non-hydrogen) atoms. The standard InChI is InChI=1S/C57H40N2O/c1-57(2)49-26-12-6-21-41(49)42-33-32-37(34-50(42)57)40-20-7-13-27-51(40)58(38-18-4-3-5-19-38)39-35-47(56-48(36-39)46-25-11-17-31-55(46)60-56)45-24-10-16-30-54(45)59-52-28-14-8-22-43(52)44-23-9-15-29-53(44)59/h3-36H,1-2H3. The van der Waals surface area contributed by atoms with Crippen LogP contribution in [0.4, 0.5) is 17.1 Å². The van der Waals surface area contributed by atoms with Crippen LogP contribution in [0.3, 0.4) is 0 Å². The summed E-state index contributed by atoms with van der Waals surface area (Å²) >= 11 is 0. The quantitative estimate of drug-likeness (QED) is 0.168. The van der Waals surface area contributed by atoms with Gasteiger partial charge >= 0.3 is 0 Å². The summed E-state index contributed by atoms with van der Waals surface area (Å²) in [6.07, 6.45) is 0. The van der Waals surface area contributed by atoms with Crippen molar-refractivity contribution in [3.05, 3.63) is 217 Å². The third-order valence-corrected chi connectivity index (χ3v) is 12.8. The van der Waals surface area contributed by atoms with Gasteiger partial charge in [0, 0.05) is 55.0 Å². The fourth-order valence-electron chi connectivity index (χ4n) is 10.0. The fourth-order valence-corrected chi connectivity index (χ4v) is 10.0. The summed E-state index contributed by atoms with van der Waals surface area (Å²) in [6.45, 7) is 4.71. The maximum absolute atomic E-state index is 6.89. The Hall–Kier alpha value is -7.62. The van der Waals surface area contributed by atoms with Crippen LogP contribution < -0.4 is 4.90 Å². The van der Waals surface area contributed by atoms with Gasteiger partial charge in [-0.2, -0.15) is 0 Å². The molecule has 12 rings (SSSR count).